The summed E-state index contributed by atoms with van der Waals surface area (Å²) in [4.78, 5) is 0. The Morgan fingerprint density at radius 2 is 1.15 bits per heavy atom. The van der Waals surface area contributed by atoms with Crippen molar-refractivity contribution >= 4 is 55.2 Å². The summed E-state index contributed by atoms with van der Waals surface area (Å²) >= 11 is 7.05. The molecule has 0 saturated carbocycles. The molecule has 1 aromatic heterocycles. The highest BCUT2D eigenvalue weighted by Crippen LogP contribution is 2.37. The quantitative estimate of drug-likeness (QED) is 0.231. The van der Waals surface area contributed by atoms with Crippen LogP contribution in [0.5, 0.6) is 0 Å². The van der Waals surface area contributed by atoms with Crippen molar-refractivity contribution in [1.29, 1.82) is 10.8 Å². The minimum absolute atomic E-state index is 0.123. The van der Waals surface area contributed by atoms with Crippen molar-refractivity contribution in [2.24, 2.45) is 11.5 Å². The lowest BCUT2D eigenvalue weighted by Gasteiger charge is -2.08. The maximum Gasteiger partial charge on any atom is 0.190 e. The number of hydrogen-bond acceptors (Lipinski definition) is 3. The molecule has 0 atom stereocenters. The number of nitrogens with two attached hydrogens (primary N) is 2. The van der Waals surface area contributed by atoms with Crippen LogP contribution < -0.4 is 22.1 Å². The van der Waals surface area contributed by atoms with E-state index in [0.717, 1.165) is 20.1 Å². The fourth-order valence-corrected chi connectivity index (χ4v) is 3.67. The van der Waals surface area contributed by atoms with Gasteiger partial charge in [-0.3, -0.25) is 10.8 Å². The molecule has 0 saturated heterocycles. The van der Waals surface area contributed by atoms with E-state index in [9.17, 15) is 0 Å². The molecule has 27 heavy (non-hydrogen) atoms. The molecule has 1 heterocycles. The summed E-state index contributed by atoms with van der Waals surface area (Å²) in [5.41, 5.74) is 13.9. The number of rotatable bonds is 4. The van der Waals surface area contributed by atoms with Crippen molar-refractivity contribution in [3.05, 3.63) is 57.5 Å². The molecule has 0 aliphatic carbocycles. The fraction of sp³-hybridized carbons (Fsp3) is 0. The van der Waals surface area contributed by atoms with E-state index in [1.54, 1.807) is 0 Å². The number of halogens is 2. The SMILES string of the molecule is N=C(N)Nc1ccc(-c2ccc(-c3ccc(NC(=N)N)cc3Br)o2)c(Br)c1. The van der Waals surface area contributed by atoms with Gasteiger partial charge in [0, 0.05) is 31.4 Å². The van der Waals surface area contributed by atoms with Crippen molar-refractivity contribution < 1.29 is 4.42 Å². The summed E-state index contributed by atoms with van der Waals surface area (Å²) in [5, 5.41) is 20.1. The van der Waals surface area contributed by atoms with Gasteiger partial charge in [-0.2, -0.15) is 0 Å². The third kappa shape index (κ3) is 4.50. The number of nitrogens with one attached hydrogen (secondary N) is 4. The van der Waals surface area contributed by atoms with Crippen LogP contribution in [-0.2, 0) is 0 Å². The maximum absolute atomic E-state index is 7.30. The average molecular weight is 492 g/mol. The fourth-order valence-electron chi connectivity index (χ4n) is 2.52. The number of guanidine groups is 2. The zero-order valence-corrected chi connectivity index (χ0v) is 17.1. The zero-order chi connectivity index (χ0) is 19.6. The second-order valence-corrected chi connectivity index (χ2v) is 7.34. The van der Waals surface area contributed by atoms with Gasteiger partial charge >= 0.3 is 0 Å². The summed E-state index contributed by atoms with van der Waals surface area (Å²) in [6, 6.07) is 14.8. The molecule has 0 radical (unpaired) electrons. The summed E-state index contributed by atoms with van der Waals surface area (Å²) in [5.74, 6) is 1.15. The Kier molecular flexibility index (Phi) is 5.52. The number of anilines is 2. The molecule has 7 nitrogen and oxygen atoms in total. The van der Waals surface area contributed by atoms with Crippen LogP contribution in [0.3, 0.4) is 0 Å². The summed E-state index contributed by atoms with van der Waals surface area (Å²) in [7, 11) is 0. The van der Waals surface area contributed by atoms with E-state index >= 15 is 0 Å². The number of hydrogen-bond donors (Lipinski definition) is 6. The molecule has 0 amide bonds. The molecule has 0 aliphatic rings. The third-order valence-electron chi connectivity index (χ3n) is 3.63. The zero-order valence-electron chi connectivity index (χ0n) is 13.9. The standard InChI is InChI=1S/C18H16Br2N6O/c19-13-7-9(25-17(21)22)1-3-11(13)15-5-6-16(27-15)12-4-2-10(8-14(12)20)26-18(23)24/h1-8H,(H4,21,22,25)(H4,23,24,26). The molecule has 0 spiro atoms. The van der Waals surface area contributed by atoms with Crippen molar-refractivity contribution in [2.75, 3.05) is 10.6 Å². The van der Waals surface area contributed by atoms with Crippen molar-refractivity contribution in [2.45, 2.75) is 0 Å². The Bertz CT molecular complexity index is 950. The lowest BCUT2D eigenvalue weighted by molar-refractivity contribution is 0.597. The molecule has 9 heteroatoms. The normalized spacial score (nSPS) is 10.4. The topological polar surface area (TPSA) is 137 Å². The van der Waals surface area contributed by atoms with Crippen LogP contribution in [0.25, 0.3) is 22.6 Å². The van der Waals surface area contributed by atoms with E-state index < -0.39 is 0 Å². The van der Waals surface area contributed by atoms with E-state index in [1.807, 2.05) is 48.5 Å². The van der Waals surface area contributed by atoms with Crippen LogP contribution in [0, 0.1) is 10.8 Å². The molecule has 3 rings (SSSR count). The van der Waals surface area contributed by atoms with Gasteiger partial charge in [0.2, 0.25) is 0 Å². The van der Waals surface area contributed by atoms with E-state index in [2.05, 4.69) is 42.5 Å². The first kappa shape index (κ1) is 19.0. The highest BCUT2D eigenvalue weighted by Gasteiger charge is 2.13. The van der Waals surface area contributed by atoms with Crippen LogP contribution in [0.2, 0.25) is 0 Å². The third-order valence-corrected chi connectivity index (χ3v) is 4.95. The second-order valence-electron chi connectivity index (χ2n) is 5.63. The monoisotopic (exact) mass is 490 g/mol. The largest absolute Gasteiger partial charge is 0.456 e. The van der Waals surface area contributed by atoms with Gasteiger partial charge in [0.25, 0.3) is 0 Å². The van der Waals surface area contributed by atoms with Crippen LogP contribution in [-0.4, -0.2) is 11.9 Å². The van der Waals surface area contributed by atoms with Crippen LogP contribution >= 0.6 is 31.9 Å². The van der Waals surface area contributed by atoms with Gasteiger partial charge in [-0.25, -0.2) is 0 Å². The Hall–Kier alpha value is -2.78. The van der Waals surface area contributed by atoms with Gasteiger partial charge < -0.3 is 26.5 Å². The van der Waals surface area contributed by atoms with Crippen LogP contribution in [0.15, 0.2) is 61.9 Å². The second kappa shape index (κ2) is 7.85. The van der Waals surface area contributed by atoms with Crippen molar-refractivity contribution in [3.8, 4) is 22.6 Å². The molecular formula is C18H16Br2N6O. The van der Waals surface area contributed by atoms with Gasteiger partial charge in [-0.1, -0.05) is 0 Å². The lowest BCUT2D eigenvalue weighted by atomic mass is 10.1. The Morgan fingerprint density at radius 3 is 1.48 bits per heavy atom. The van der Waals surface area contributed by atoms with Gasteiger partial charge in [0.05, 0.1) is 0 Å². The summed E-state index contributed by atoms with van der Waals surface area (Å²) < 4.78 is 7.65. The number of furan rings is 1. The highest BCUT2D eigenvalue weighted by atomic mass is 79.9. The van der Waals surface area contributed by atoms with E-state index in [0.29, 0.717) is 22.9 Å². The Balaban J connectivity index is 1.89. The van der Waals surface area contributed by atoms with Gasteiger partial charge in [0.15, 0.2) is 11.9 Å². The van der Waals surface area contributed by atoms with E-state index in [4.69, 9.17) is 26.7 Å². The van der Waals surface area contributed by atoms with Crippen LogP contribution in [0.1, 0.15) is 0 Å². The highest BCUT2D eigenvalue weighted by molar-refractivity contribution is 9.11. The molecule has 138 valence electrons. The predicted octanol–water partition coefficient (Wildman–Crippen LogP) is 4.75. The van der Waals surface area contributed by atoms with Gasteiger partial charge in [0.1, 0.15) is 11.5 Å². The smallest absolute Gasteiger partial charge is 0.190 e. The van der Waals surface area contributed by atoms with E-state index in [1.165, 1.54) is 0 Å². The van der Waals surface area contributed by atoms with Crippen molar-refractivity contribution in [1.82, 2.24) is 0 Å². The molecule has 3 aromatic rings. The average Bonchev–Trinajstić information content (AvgIpc) is 3.03. The lowest BCUT2D eigenvalue weighted by Crippen LogP contribution is -2.20. The predicted molar refractivity (Wildman–Crippen MR) is 116 cm³/mol. The molecule has 0 aliphatic heterocycles. The molecule has 2 aromatic carbocycles. The van der Waals surface area contributed by atoms with Gasteiger partial charge in [-0.15, -0.1) is 0 Å². The molecule has 0 fully saturated rings. The van der Waals surface area contributed by atoms with Crippen molar-refractivity contribution in [3.63, 3.8) is 0 Å². The molecule has 0 unspecified atom stereocenters. The molecule has 0 bridgehead atoms. The molecule has 8 N–H and O–H groups in total. The van der Waals surface area contributed by atoms with Gasteiger partial charge in [-0.05, 0) is 80.4 Å². The Labute approximate surface area is 172 Å². The number of benzene rings is 2. The first-order valence-corrected chi connectivity index (χ1v) is 9.34. The first-order chi connectivity index (χ1) is 12.8. The Morgan fingerprint density at radius 1 is 0.741 bits per heavy atom. The van der Waals surface area contributed by atoms with Crippen LogP contribution in [0.4, 0.5) is 11.4 Å². The molecular weight excluding hydrogens is 476 g/mol. The first-order valence-electron chi connectivity index (χ1n) is 7.75. The minimum Gasteiger partial charge on any atom is -0.456 e. The van der Waals surface area contributed by atoms with E-state index in [-0.39, 0.29) is 11.9 Å². The maximum atomic E-state index is 7.30. The summed E-state index contributed by atoms with van der Waals surface area (Å²) in [6.07, 6.45) is 0. The summed E-state index contributed by atoms with van der Waals surface area (Å²) in [6.45, 7) is 0. The minimum atomic E-state index is -0.123.